The van der Waals surface area contributed by atoms with Gasteiger partial charge in [0.05, 0.1) is 6.61 Å². The lowest BCUT2D eigenvalue weighted by Crippen LogP contribution is -2.57. The van der Waals surface area contributed by atoms with Crippen LogP contribution >= 0.6 is 0 Å². The molecule has 0 bridgehead atoms. The quantitative estimate of drug-likeness (QED) is 0.377. The molecule has 4 rings (SSSR count). The summed E-state index contributed by atoms with van der Waals surface area (Å²) in [5, 5.41) is 13.3. The summed E-state index contributed by atoms with van der Waals surface area (Å²) in [7, 11) is 0. The second-order valence-electron chi connectivity index (χ2n) is 9.35. The van der Waals surface area contributed by atoms with Crippen molar-refractivity contribution in [1.29, 1.82) is 0 Å². The fourth-order valence-electron chi connectivity index (χ4n) is 4.39. The Balaban J connectivity index is 1.18. The third kappa shape index (κ3) is 7.27. The van der Waals surface area contributed by atoms with Crippen LogP contribution in [0, 0.1) is 11.7 Å². The van der Waals surface area contributed by atoms with Crippen LogP contribution in [0.2, 0.25) is 0 Å². The monoisotopic (exact) mass is 496 g/mol. The molecule has 2 fully saturated rings. The number of hydrogen-bond acceptors (Lipinski definition) is 6. The van der Waals surface area contributed by atoms with E-state index < -0.39 is 18.0 Å². The number of benzene rings is 2. The van der Waals surface area contributed by atoms with Crippen LogP contribution in [0.5, 0.6) is 5.75 Å². The van der Waals surface area contributed by atoms with Gasteiger partial charge in [-0.15, -0.1) is 0 Å². The summed E-state index contributed by atoms with van der Waals surface area (Å²) in [5.74, 6) is 0.463. The van der Waals surface area contributed by atoms with Crippen LogP contribution in [0.4, 0.5) is 9.18 Å². The van der Waals surface area contributed by atoms with Crippen LogP contribution < -0.4 is 15.2 Å². The summed E-state index contributed by atoms with van der Waals surface area (Å²) in [5.41, 5.74) is 1.40. The van der Waals surface area contributed by atoms with Gasteiger partial charge < -0.3 is 24.9 Å². The predicted octanol–water partition coefficient (Wildman–Crippen LogP) is 1.88. The third-order valence-corrected chi connectivity index (χ3v) is 6.60. The Hall–Kier alpha value is -3.46. The Bertz CT molecular complexity index is 1050. The zero-order valence-electron chi connectivity index (χ0n) is 20.2. The average molecular weight is 497 g/mol. The molecule has 1 saturated heterocycles. The van der Waals surface area contributed by atoms with E-state index in [-0.39, 0.29) is 24.0 Å². The van der Waals surface area contributed by atoms with Gasteiger partial charge in [-0.25, -0.2) is 4.39 Å². The molecule has 2 amide bonds. The smallest absolute Gasteiger partial charge is 0.245 e. The van der Waals surface area contributed by atoms with E-state index >= 15 is 0 Å². The van der Waals surface area contributed by atoms with E-state index in [0.29, 0.717) is 38.3 Å². The first-order valence-corrected chi connectivity index (χ1v) is 12.4. The maximum absolute atomic E-state index is 13.2. The number of carbonyl (C=O) groups excluding carboxylic acids is 3. The van der Waals surface area contributed by atoms with E-state index in [2.05, 4.69) is 10.2 Å². The molecule has 36 heavy (non-hydrogen) atoms. The first-order chi connectivity index (χ1) is 17.4. The van der Waals surface area contributed by atoms with E-state index in [1.165, 1.54) is 24.3 Å². The number of carbonyl (C=O) groups is 3. The Kier molecular flexibility index (Phi) is 8.53. The maximum Gasteiger partial charge on any atom is 0.245 e. The van der Waals surface area contributed by atoms with Crippen molar-refractivity contribution in [3.05, 3.63) is 65.5 Å². The number of ketones is 1. The molecule has 0 spiro atoms. The standard InChI is InChI=1S/C27H32FN3O5/c28-22-8-2-19(3-9-22)18-24(29-27(34)35)26(33)31-15-13-30(14-16-31)12-1-17-36-23-10-6-21(7-11-23)25(32)20-4-5-20/h2-3,6-11,20,24,29H,1,4-5,12-18H2,(H,34,35)/p-1/t24-/m1/s1. The van der Waals surface area contributed by atoms with Crippen molar-refractivity contribution in [2.45, 2.75) is 31.7 Å². The Morgan fingerprint density at radius 2 is 1.67 bits per heavy atom. The van der Waals surface area contributed by atoms with Gasteiger partial charge >= 0.3 is 0 Å². The second-order valence-corrected chi connectivity index (χ2v) is 9.35. The number of halogens is 1. The summed E-state index contributed by atoms with van der Waals surface area (Å²) in [4.78, 5) is 40.1. The van der Waals surface area contributed by atoms with Gasteiger partial charge in [-0.1, -0.05) is 12.1 Å². The highest BCUT2D eigenvalue weighted by Gasteiger charge is 2.30. The Morgan fingerprint density at radius 3 is 2.28 bits per heavy atom. The molecule has 1 atom stereocenters. The van der Waals surface area contributed by atoms with Crippen molar-refractivity contribution < 1.29 is 28.6 Å². The summed E-state index contributed by atoms with van der Waals surface area (Å²) in [6.45, 7) is 3.70. The van der Waals surface area contributed by atoms with Gasteiger partial charge in [0.15, 0.2) is 5.78 Å². The minimum Gasteiger partial charge on any atom is -0.530 e. The fraction of sp³-hybridized carbons (Fsp3) is 0.444. The van der Waals surface area contributed by atoms with E-state index in [1.807, 2.05) is 24.3 Å². The van der Waals surface area contributed by atoms with E-state index in [9.17, 15) is 23.9 Å². The summed E-state index contributed by atoms with van der Waals surface area (Å²) >= 11 is 0. The van der Waals surface area contributed by atoms with Crippen LogP contribution in [0.1, 0.15) is 35.2 Å². The van der Waals surface area contributed by atoms with E-state index in [0.717, 1.165) is 37.1 Å². The van der Waals surface area contributed by atoms with E-state index in [1.54, 1.807) is 4.90 Å². The minimum absolute atomic E-state index is 0.125. The van der Waals surface area contributed by atoms with Crippen molar-refractivity contribution in [2.75, 3.05) is 39.3 Å². The Labute approximate surface area is 210 Å². The van der Waals surface area contributed by atoms with Gasteiger partial charge in [-0.3, -0.25) is 14.5 Å². The van der Waals surface area contributed by atoms with Crippen molar-refractivity contribution >= 4 is 17.8 Å². The number of nitrogens with one attached hydrogen (secondary N) is 1. The number of nitrogens with zero attached hydrogens (tertiary/aromatic N) is 2. The molecule has 2 aromatic carbocycles. The number of ether oxygens (including phenoxy) is 1. The molecule has 1 saturated carbocycles. The number of Topliss-reactive ketones (excluding diaryl/α,β-unsaturated/α-hetero) is 1. The van der Waals surface area contributed by atoms with Gasteiger partial charge in [0, 0.05) is 50.6 Å². The molecule has 0 unspecified atom stereocenters. The van der Waals surface area contributed by atoms with Crippen LogP contribution in [-0.4, -0.2) is 73.0 Å². The minimum atomic E-state index is -1.52. The maximum atomic E-state index is 13.2. The van der Waals surface area contributed by atoms with Gasteiger partial charge in [-0.05, 0) is 61.2 Å². The lowest BCUT2D eigenvalue weighted by Gasteiger charge is -2.36. The largest absolute Gasteiger partial charge is 0.530 e. The second kappa shape index (κ2) is 12.0. The number of rotatable bonds is 11. The molecule has 2 aromatic rings. The van der Waals surface area contributed by atoms with Crippen LogP contribution in [0.15, 0.2) is 48.5 Å². The van der Waals surface area contributed by atoms with Crippen molar-refractivity contribution in [2.24, 2.45) is 5.92 Å². The molecule has 192 valence electrons. The summed E-state index contributed by atoms with van der Waals surface area (Å²) in [6.07, 6.45) is 1.41. The van der Waals surface area contributed by atoms with Gasteiger partial charge in [0.1, 0.15) is 23.7 Å². The van der Waals surface area contributed by atoms with Crippen LogP contribution in [0.3, 0.4) is 0 Å². The summed E-state index contributed by atoms with van der Waals surface area (Å²) < 4.78 is 19.0. The number of amides is 2. The normalized spacial score (nSPS) is 16.9. The zero-order chi connectivity index (χ0) is 25.5. The molecule has 9 heteroatoms. The highest BCUT2D eigenvalue weighted by atomic mass is 19.1. The zero-order valence-corrected chi connectivity index (χ0v) is 20.2. The Morgan fingerprint density at radius 1 is 1.00 bits per heavy atom. The molecule has 1 aliphatic carbocycles. The van der Waals surface area contributed by atoms with Crippen LogP contribution in [-0.2, 0) is 11.2 Å². The molecule has 1 aliphatic heterocycles. The highest BCUT2D eigenvalue weighted by molar-refractivity contribution is 5.99. The van der Waals surface area contributed by atoms with Gasteiger partial charge in [-0.2, -0.15) is 0 Å². The lowest BCUT2D eigenvalue weighted by molar-refractivity contribution is -0.251. The molecule has 1 heterocycles. The molecule has 2 aliphatic rings. The average Bonchev–Trinajstić information content (AvgIpc) is 3.73. The lowest BCUT2D eigenvalue weighted by atomic mass is 10.0. The molecule has 0 aromatic heterocycles. The highest BCUT2D eigenvalue weighted by Crippen LogP contribution is 2.32. The fourth-order valence-corrected chi connectivity index (χ4v) is 4.39. The topological polar surface area (TPSA) is 102 Å². The SMILES string of the molecule is O=C([O-])N[C@H](Cc1ccc(F)cc1)C(=O)N1CCN(CCCOc2ccc(C(=O)C3CC3)cc2)CC1. The number of piperazine rings is 1. The van der Waals surface area contributed by atoms with Crippen molar-refractivity contribution in [3.8, 4) is 5.75 Å². The first-order valence-electron chi connectivity index (χ1n) is 12.4. The first kappa shape index (κ1) is 25.6. The molecule has 1 N–H and O–H groups in total. The molecular weight excluding hydrogens is 465 g/mol. The van der Waals surface area contributed by atoms with E-state index in [4.69, 9.17) is 4.74 Å². The molecular formula is C27H31FN3O5-. The van der Waals surface area contributed by atoms with Crippen molar-refractivity contribution in [1.82, 2.24) is 15.1 Å². The molecule has 0 radical (unpaired) electrons. The summed E-state index contributed by atoms with van der Waals surface area (Å²) in [6, 6.07) is 12.0. The third-order valence-electron chi connectivity index (χ3n) is 6.60. The van der Waals surface area contributed by atoms with Crippen LogP contribution in [0.25, 0.3) is 0 Å². The molecule has 8 nitrogen and oxygen atoms in total. The predicted molar refractivity (Wildman–Crippen MR) is 129 cm³/mol. The number of carboxylic acid groups (broad SMARTS) is 1. The van der Waals surface area contributed by atoms with Gasteiger partial charge in [0.2, 0.25) is 5.91 Å². The van der Waals surface area contributed by atoms with Crippen molar-refractivity contribution in [3.63, 3.8) is 0 Å². The van der Waals surface area contributed by atoms with Gasteiger partial charge in [0.25, 0.3) is 0 Å². The number of hydrogen-bond donors (Lipinski definition) is 1.